The summed E-state index contributed by atoms with van der Waals surface area (Å²) >= 11 is 0. The number of aryl methyl sites for hydroxylation is 2. The summed E-state index contributed by atoms with van der Waals surface area (Å²) in [6, 6.07) is 22.0. The minimum atomic E-state index is -0.373. The van der Waals surface area contributed by atoms with Crippen LogP contribution in [0.25, 0.3) is 0 Å². The number of nitrogens with one attached hydrogen (secondary N) is 1. The second kappa shape index (κ2) is 9.96. The number of amides is 1. The van der Waals surface area contributed by atoms with Gasteiger partial charge >= 0.3 is 0 Å². The minimum Gasteiger partial charge on any atom is -0.471 e. The first-order chi connectivity index (χ1) is 16.0. The van der Waals surface area contributed by atoms with Crippen LogP contribution in [0.3, 0.4) is 0 Å². The van der Waals surface area contributed by atoms with Crippen LogP contribution in [-0.4, -0.2) is 21.5 Å². The molecule has 1 aromatic heterocycles. The van der Waals surface area contributed by atoms with E-state index in [4.69, 9.17) is 4.74 Å². The fourth-order valence-corrected chi connectivity index (χ4v) is 3.40. The highest BCUT2D eigenvalue weighted by molar-refractivity contribution is 6.17. The van der Waals surface area contributed by atoms with Gasteiger partial charge in [0.05, 0.1) is 23.6 Å². The molecular weight excluding hydrogens is 414 g/mol. The van der Waals surface area contributed by atoms with Crippen LogP contribution in [0, 0.1) is 6.92 Å². The van der Waals surface area contributed by atoms with Crippen LogP contribution >= 0.6 is 0 Å². The molecule has 0 aliphatic heterocycles. The van der Waals surface area contributed by atoms with Gasteiger partial charge in [-0.1, -0.05) is 67.1 Å². The molecule has 33 heavy (non-hydrogen) atoms. The summed E-state index contributed by atoms with van der Waals surface area (Å²) in [6.07, 6.45) is 4.21. The topological polar surface area (TPSA) is 73.2 Å². The van der Waals surface area contributed by atoms with Gasteiger partial charge in [0.25, 0.3) is 5.91 Å². The number of ketones is 1. The molecule has 0 aliphatic rings. The van der Waals surface area contributed by atoms with E-state index in [9.17, 15) is 9.59 Å². The molecule has 6 heteroatoms. The molecule has 4 aromatic rings. The van der Waals surface area contributed by atoms with Crippen LogP contribution in [0.1, 0.15) is 44.3 Å². The Labute approximate surface area is 192 Å². The molecular formula is C27H25N3O3. The summed E-state index contributed by atoms with van der Waals surface area (Å²) in [6.45, 7) is 4.28. The highest BCUT2D eigenvalue weighted by atomic mass is 16.5. The maximum absolute atomic E-state index is 13.0. The van der Waals surface area contributed by atoms with Gasteiger partial charge in [0.15, 0.2) is 12.5 Å². The number of anilines is 1. The molecule has 1 N–H and O–H groups in total. The molecule has 0 saturated carbocycles. The maximum atomic E-state index is 13.0. The van der Waals surface area contributed by atoms with Crippen molar-refractivity contribution in [2.75, 3.05) is 5.32 Å². The molecule has 4 rings (SSSR count). The third kappa shape index (κ3) is 5.36. The monoisotopic (exact) mass is 439 g/mol. The Morgan fingerprint density at radius 1 is 0.939 bits per heavy atom. The van der Waals surface area contributed by atoms with Gasteiger partial charge in [-0.25, -0.2) is 4.68 Å². The summed E-state index contributed by atoms with van der Waals surface area (Å²) in [5.41, 5.74) is 4.03. The lowest BCUT2D eigenvalue weighted by Crippen LogP contribution is -2.16. The lowest BCUT2D eigenvalue weighted by molar-refractivity contribution is 0.0996. The molecule has 0 saturated heterocycles. The second-order valence-electron chi connectivity index (χ2n) is 7.73. The predicted molar refractivity (Wildman–Crippen MR) is 128 cm³/mol. The number of carbonyl (C=O) groups is 2. The van der Waals surface area contributed by atoms with Gasteiger partial charge in [0.2, 0.25) is 0 Å². The van der Waals surface area contributed by atoms with Gasteiger partial charge in [0.1, 0.15) is 5.75 Å². The van der Waals surface area contributed by atoms with E-state index in [1.54, 1.807) is 53.5 Å². The Kier molecular flexibility index (Phi) is 6.64. The highest BCUT2D eigenvalue weighted by Gasteiger charge is 2.18. The van der Waals surface area contributed by atoms with Crippen LogP contribution in [0.15, 0.2) is 85.2 Å². The van der Waals surface area contributed by atoms with Crippen LogP contribution in [0.5, 0.6) is 5.75 Å². The summed E-state index contributed by atoms with van der Waals surface area (Å²) in [5.74, 6) is 0.178. The number of hydrogen-bond acceptors (Lipinski definition) is 4. The second-order valence-corrected chi connectivity index (χ2v) is 7.73. The molecule has 0 fully saturated rings. The summed E-state index contributed by atoms with van der Waals surface area (Å²) in [7, 11) is 0. The molecule has 0 bridgehead atoms. The Hall–Kier alpha value is -4.19. The smallest absolute Gasteiger partial charge is 0.256 e. The Morgan fingerprint density at radius 3 is 2.33 bits per heavy atom. The van der Waals surface area contributed by atoms with Crippen molar-refractivity contribution in [2.24, 2.45) is 0 Å². The number of ether oxygens (including phenoxy) is 1. The van der Waals surface area contributed by atoms with Crippen LogP contribution < -0.4 is 10.1 Å². The lowest BCUT2D eigenvalue weighted by Gasteiger charge is -2.09. The fraction of sp³-hybridized carbons (Fsp3) is 0.148. The van der Waals surface area contributed by atoms with E-state index in [0.717, 1.165) is 17.7 Å². The standard InChI is InChI=1S/C27H25N3O3/c1-3-20-10-14-23(15-11-20)33-18-30-17-22(16-28-30)29-27(32)25-7-5-4-6-24(25)26(31)21-12-8-19(2)9-13-21/h4-17H,3,18H2,1-2H3,(H,29,32). The highest BCUT2D eigenvalue weighted by Crippen LogP contribution is 2.18. The molecule has 6 nitrogen and oxygen atoms in total. The van der Waals surface area contributed by atoms with Gasteiger partial charge < -0.3 is 10.1 Å². The quantitative estimate of drug-likeness (QED) is 0.380. The molecule has 0 radical (unpaired) electrons. The number of nitrogens with zero attached hydrogens (tertiary/aromatic N) is 2. The summed E-state index contributed by atoms with van der Waals surface area (Å²) in [4.78, 5) is 25.9. The van der Waals surface area contributed by atoms with Crippen molar-refractivity contribution in [1.29, 1.82) is 0 Å². The lowest BCUT2D eigenvalue weighted by atomic mass is 9.97. The fourth-order valence-electron chi connectivity index (χ4n) is 3.40. The van der Waals surface area contributed by atoms with E-state index >= 15 is 0 Å². The van der Waals surface area contributed by atoms with Gasteiger partial charge in [-0.05, 0) is 37.1 Å². The van der Waals surface area contributed by atoms with E-state index in [0.29, 0.717) is 22.4 Å². The number of rotatable bonds is 8. The Bertz CT molecular complexity index is 1260. The van der Waals surface area contributed by atoms with Gasteiger partial charge in [-0.15, -0.1) is 0 Å². The SMILES string of the molecule is CCc1ccc(OCn2cc(NC(=O)c3ccccc3C(=O)c3ccc(C)cc3)cn2)cc1. The zero-order valence-corrected chi connectivity index (χ0v) is 18.6. The maximum Gasteiger partial charge on any atom is 0.256 e. The molecule has 0 spiro atoms. The van der Waals surface area contributed by atoms with E-state index in [-0.39, 0.29) is 18.4 Å². The van der Waals surface area contributed by atoms with E-state index < -0.39 is 0 Å². The van der Waals surface area contributed by atoms with Crippen LogP contribution in [0.2, 0.25) is 0 Å². The molecule has 166 valence electrons. The van der Waals surface area contributed by atoms with Gasteiger partial charge in [-0.2, -0.15) is 5.10 Å². The van der Waals surface area contributed by atoms with Crippen LogP contribution in [0.4, 0.5) is 5.69 Å². The Morgan fingerprint density at radius 2 is 1.64 bits per heavy atom. The summed E-state index contributed by atoms with van der Waals surface area (Å²) in [5, 5.41) is 7.05. The van der Waals surface area contributed by atoms with E-state index in [2.05, 4.69) is 17.3 Å². The van der Waals surface area contributed by atoms with Crippen molar-refractivity contribution < 1.29 is 14.3 Å². The van der Waals surface area contributed by atoms with Crippen molar-refractivity contribution in [1.82, 2.24) is 9.78 Å². The first kappa shape index (κ1) is 22.0. The van der Waals surface area contributed by atoms with Gasteiger partial charge in [-0.3, -0.25) is 9.59 Å². The molecule has 0 unspecified atom stereocenters. The van der Waals surface area contributed by atoms with E-state index in [1.807, 2.05) is 43.3 Å². The summed E-state index contributed by atoms with van der Waals surface area (Å²) < 4.78 is 7.34. The van der Waals surface area contributed by atoms with Gasteiger partial charge in [0, 0.05) is 11.1 Å². The van der Waals surface area contributed by atoms with E-state index in [1.165, 1.54) is 5.56 Å². The third-order valence-corrected chi connectivity index (χ3v) is 5.32. The predicted octanol–water partition coefficient (Wildman–Crippen LogP) is 5.27. The number of benzene rings is 3. The molecule has 0 aliphatic carbocycles. The van der Waals surface area contributed by atoms with Crippen molar-refractivity contribution >= 4 is 17.4 Å². The van der Waals surface area contributed by atoms with Crippen molar-refractivity contribution in [3.63, 3.8) is 0 Å². The molecule has 1 heterocycles. The average molecular weight is 440 g/mol. The number of hydrogen-bond donors (Lipinski definition) is 1. The Balaban J connectivity index is 1.43. The largest absolute Gasteiger partial charge is 0.471 e. The third-order valence-electron chi connectivity index (χ3n) is 5.32. The van der Waals surface area contributed by atoms with Crippen molar-refractivity contribution in [2.45, 2.75) is 27.0 Å². The number of aromatic nitrogens is 2. The molecule has 3 aromatic carbocycles. The first-order valence-corrected chi connectivity index (χ1v) is 10.8. The first-order valence-electron chi connectivity index (χ1n) is 10.8. The zero-order chi connectivity index (χ0) is 23.2. The zero-order valence-electron chi connectivity index (χ0n) is 18.6. The molecule has 1 amide bonds. The average Bonchev–Trinajstić information content (AvgIpc) is 3.30. The molecule has 0 atom stereocenters. The van der Waals surface area contributed by atoms with Crippen molar-refractivity contribution in [3.8, 4) is 5.75 Å². The normalized spacial score (nSPS) is 10.6. The number of carbonyl (C=O) groups excluding carboxylic acids is 2. The van der Waals surface area contributed by atoms with Crippen molar-refractivity contribution in [3.05, 3.63) is 113 Å². The van der Waals surface area contributed by atoms with Crippen LogP contribution in [-0.2, 0) is 13.2 Å². The minimum absolute atomic E-state index is 0.195.